The van der Waals surface area contributed by atoms with E-state index in [2.05, 4.69) is 28.7 Å². The molecule has 0 unspecified atom stereocenters. The van der Waals surface area contributed by atoms with Gasteiger partial charge >= 0.3 is 0 Å². The molecule has 1 rings (SSSR count). The summed E-state index contributed by atoms with van der Waals surface area (Å²) in [5, 5.41) is 7.66. The van der Waals surface area contributed by atoms with Crippen LogP contribution in [-0.2, 0) is 0 Å². The SMILES string of the molecule is C#CCOc1ccccc1/C=N\NC(=S)NCCCC. The number of hydrogen-bond donors (Lipinski definition) is 2. The molecule has 0 aliphatic rings. The molecule has 0 heterocycles. The molecule has 0 fully saturated rings. The lowest BCUT2D eigenvalue weighted by atomic mass is 10.2. The summed E-state index contributed by atoms with van der Waals surface area (Å²) in [6.45, 7) is 3.21. The fourth-order valence-corrected chi connectivity index (χ4v) is 1.57. The topological polar surface area (TPSA) is 45.6 Å². The van der Waals surface area contributed by atoms with Gasteiger partial charge in [0.15, 0.2) is 5.11 Å². The molecule has 0 saturated heterocycles. The highest BCUT2D eigenvalue weighted by Crippen LogP contribution is 2.15. The van der Waals surface area contributed by atoms with Gasteiger partial charge in [0, 0.05) is 12.1 Å². The van der Waals surface area contributed by atoms with Crippen LogP contribution in [0.4, 0.5) is 0 Å². The molecule has 1 aromatic carbocycles. The fourth-order valence-electron chi connectivity index (χ4n) is 1.42. The Hall–Kier alpha value is -2.06. The molecule has 0 aromatic heterocycles. The van der Waals surface area contributed by atoms with Crippen molar-refractivity contribution in [1.82, 2.24) is 10.7 Å². The Kier molecular flexibility index (Phi) is 7.85. The second-order valence-electron chi connectivity index (χ2n) is 4.01. The number of terminal acetylenes is 1. The van der Waals surface area contributed by atoms with Crippen molar-refractivity contribution in [3.63, 3.8) is 0 Å². The summed E-state index contributed by atoms with van der Waals surface area (Å²) in [7, 11) is 0. The first kappa shape index (κ1) is 16.0. The zero-order chi connectivity index (χ0) is 14.6. The van der Waals surface area contributed by atoms with Crippen LogP contribution in [0.2, 0.25) is 0 Å². The first-order valence-corrected chi connectivity index (χ1v) is 6.91. The minimum atomic E-state index is 0.231. The van der Waals surface area contributed by atoms with Gasteiger partial charge in [0.1, 0.15) is 12.4 Å². The molecule has 106 valence electrons. The van der Waals surface area contributed by atoms with E-state index in [4.69, 9.17) is 23.4 Å². The zero-order valence-electron chi connectivity index (χ0n) is 11.6. The first-order chi connectivity index (χ1) is 9.77. The maximum absolute atomic E-state index is 5.42. The van der Waals surface area contributed by atoms with Gasteiger partial charge in [-0.15, -0.1) is 6.42 Å². The van der Waals surface area contributed by atoms with Crippen LogP contribution in [0.5, 0.6) is 5.75 Å². The lowest BCUT2D eigenvalue weighted by Crippen LogP contribution is -2.32. The number of unbranched alkanes of at least 4 members (excludes halogenated alkanes) is 1. The van der Waals surface area contributed by atoms with E-state index >= 15 is 0 Å². The largest absolute Gasteiger partial charge is 0.480 e. The van der Waals surface area contributed by atoms with Crippen LogP contribution in [0.15, 0.2) is 29.4 Å². The molecule has 0 bridgehead atoms. The van der Waals surface area contributed by atoms with E-state index in [9.17, 15) is 0 Å². The van der Waals surface area contributed by atoms with Gasteiger partial charge in [-0.2, -0.15) is 5.10 Å². The number of hydrogen-bond acceptors (Lipinski definition) is 3. The molecule has 0 spiro atoms. The predicted octanol–water partition coefficient (Wildman–Crippen LogP) is 2.30. The van der Waals surface area contributed by atoms with E-state index in [1.54, 1.807) is 6.21 Å². The van der Waals surface area contributed by atoms with Crippen molar-refractivity contribution in [3.8, 4) is 18.1 Å². The highest BCUT2D eigenvalue weighted by molar-refractivity contribution is 7.80. The standard InChI is InChI=1S/C15H19N3OS/c1-3-5-10-16-15(20)18-17-12-13-8-6-7-9-14(13)19-11-4-2/h2,6-9,12H,3,5,10-11H2,1H3,(H2,16,18,20)/b17-12-. The highest BCUT2D eigenvalue weighted by atomic mass is 32.1. The smallest absolute Gasteiger partial charge is 0.186 e. The van der Waals surface area contributed by atoms with Gasteiger partial charge < -0.3 is 10.1 Å². The van der Waals surface area contributed by atoms with Crippen molar-refractivity contribution < 1.29 is 4.74 Å². The number of nitrogens with one attached hydrogen (secondary N) is 2. The maximum Gasteiger partial charge on any atom is 0.186 e. The average Bonchev–Trinajstić information content (AvgIpc) is 2.46. The Morgan fingerprint density at radius 2 is 2.30 bits per heavy atom. The van der Waals surface area contributed by atoms with Crippen molar-refractivity contribution in [3.05, 3.63) is 29.8 Å². The molecule has 0 amide bonds. The number of ether oxygens (including phenoxy) is 1. The van der Waals surface area contributed by atoms with Crippen molar-refractivity contribution in [2.45, 2.75) is 19.8 Å². The summed E-state index contributed by atoms with van der Waals surface area (Å²) >= 11 is 5.09. The third kappa shape index (κ3) is 6.21. The van der Waals surface area contributed by atoms with Crippen molar-refractivity contribution in [1.29, 1.82) is 0 Å². The number of thiocarbonyl (C=S) groups is 1. The van der Waals surface area contributed by atoms with Gasteiger partial charge in [-0.25, -0.2) is 0 Å². The summed E-state index contributed by atoms with van der Waals surface area (Å²) in [5.74, 6) is 3.13. The molecule has 0 atom stereocenters. The average molecular weight is 289 g/mol. The quantitative estimate of drug-likeness (QED) is 0.266. The third-order valence-electron chi connectivity index (χ3n) is 2.42. The van der Waals surface area contributed by atoms with Crippen molar-refractivity contribution >= 4 is 23.5 Å². The van der Waals surface area contributed by atoms with E-state index in [0.717, 1.165) is 24.9 Å². The zero-order valence-corrected chi connectivity index (χ0v) is 12.4. The molecule has 0 saturated carbocycles. The molecule has 0 radical (unpaired) electrons. The molecular formula is C15H19N3OS. The van der Waals surface area contributed by atoms with Crippen LogP contribution < -0.4 is 15.5 Å². The predicted molar refractivity (Wildman–Crippen MR) is 87.0 cm³/mol. The van der Waals surface area contributed by atoms with Crippen molar-refractivity contribution in [2.24, 2.45) is 5.10 Å². The lowest BCUT2D eigenvalue weighted by Gasteiger charge is -2.07. The van der Waals surface area contributed by atoms with Gasteiger partial charge in [0.05, 0.1) is 6.21 Å². The second-order valence-corrected chi connectivity index (χ2v) is 4.42. The van der Waals surface area contributed by atoms with E-state index in [0.29, 0.717) is 10.9 Å². The van der Waals surface area contributed by atoms with E-state index in [1.807, 2.05) is 24.3 Å². The summed E-state index contributed by atoms with van der Waals surface area (Å²) in [4.78, 5) is 0. The monoisotopic (exact) mass is 289 g/mol. The molecule has 0 aliphatic carbocycles. The minimum absolute atomic E-state index is 0.231. The molecule has 5 heteroatoms. The van der Waals surface area contributed by atoms with Crippen LogP contribution in [0.3, 0.4) is 0 Å². The second kappa shape index (κ2) is 9.82. The Morgan fingerprint density at radius 1 is 1.50 bits per heavy atom. The van der Waals surface area contributed by atoms with Crippen LogP contribution in [-0.4, -0.2) is 24.5 Å². The van der Waals surface area contributed by atoms with Gasteiger partial charge in [0.25, 0.3) is 0 Å². The van der Waals surface area contributed by atoms with E-state index < -0.39 is 0 Å². The maximum atomic E-state index is 5.42. The molecule has 20 heavy (non-hydrogen) atoms. The lowest BCUT2D eigenvalue weighted by molar-refractivity contribution is 0.370. The third-order valence-corrected chi connectivity index (χ3v) is 2.65. The first-order valence-electron chi connectivity index (χ1n) is 6.50. The minimum Gasteiger partial charge on any atom is -0.480 e. The summed E-state index contributed by atoms with van der Waals surface area (Å²) < 4.78 is 5.42. The molecule has 0 aliphatic heterocycles. The molecule has 2 N–H and O–H groups in total. The van der Waals surface area contributed by atoms with Crippen molar-refractivity contribution in [2.75, 3.05) is 13.2 Å². The van der Waals surface area contributed by atoms with Gasteiger partial charge in [-0.3, -0.25) is 5.43 Å². The molecule has 1 aromatic rings. The number of hydrazone groups is 1. The van der Waals surface area contributed by atoms with Crippen LogP contribution in [0.25, 0.3) is 0 Å². The fraction of sp³-hybridized carbons (Fsp3) is 0.333. The summed E-state index contributed by atoms with van der Waals surface area (Å²) in [6, 6.07) is 7.52. The summed E-state index contributed by atoms with van der Waals surface area (Å²) in [5.41, 5.74) is 3.61. The number of rotatable bonds is 7. The van der Waals surface area contributed by atoms with E-state index in [1.165, 1.54) is 0 Å². The number of benzene rings is 1. The number of nitrogens with zero attached hydrogens (tertiary/aromatic N) is 1. The Balaban J connectivity index is 2.49. The number of para-hydroxylation sites is 1. The van der Waals surface area contributed by atoms with Gasteiger partial charge in [0.2, 0.25) is 0 Å². The van der Waals surface area contributed by atoms with Crippen LogP contribution in [0, 0.1) is 12.3 Å². The van der Waals surface area contributed by atoms with Gasteiger partial charge in [-0.05, 0) is 30.8 Å². The molecule has 4 nitrogen and oxygen atoms in total. The normalized spacial score (nSPS) is 10.0. The highest BCUT2D eigenvalue weighted by Gasteiger charge is 1.99. The van der Waals surface area contributed by atoms with Gasteiger partial charge in [-0.1, -0.05) is 31.4 Å². The van der Waals surface area contributed by atoms with Crippen LogP contribution in [0.1, 0.15) is 25.3 Å². The van der Waals surface area contributed by atoms with E-state index in [-0.39, 0.29) is 6.61 Å². The Morgan fingerprint density at radius 3 is 3.05 bits per heavy atom. The van der Waals surface area contributed by atoms with Crippen LogP contribution >= 0.6 is 12.2 Å². The Bertz CT molecular complexity index is 494. The Labute approximate surface area is 125 Å². The summed E-state index contributed by atoms with van der Waals surface area (Å²) in [6.07, 6.45) is 9.03. The molecular weight excluding hydrogens is 270 g/mol.